The Labute approximate surface area is 269 Å². The molecule has 0 atom stereocenters. The van der Waals surface area contributed by atoms with Gasteiger partial charge in [-0.1, -0.05) is 0 Å². The molecule has 11 nitrogen and oxygen atoms in total. The first kappa shape index (κ1) is 31.2. The number of thiophene rings is 1. The van der Waals surface area contributed by atoms with Gasteiger partial charge in [0.2, 0.25) is 0 Å². The zero-order chi connectivity index (χ0) is 32.4. The van der Waals surface area contributed by atoms with E-state index in [0.29, 0.717) is 58.8 Å². The lowest BCUT2D eigenvalue weighted by Gasteiger charge is -2.32. The van der Waals surface area contributed by atoms with E-state index >= 15 is 0 Å². The van der Waals surface area contributed by atoms with Gasteiger partial charge in [0.1, 0.15) is 11.4 Å². The summed E-state index contributed by atoms with van der Waals surface area (Å²) in [5.41, 5.74) is 1.57. The molecule has 1 aliphatic carbocycles. The Morgan fingerprint density at radius 1 is 0.935 bits per heavy atom. The molecule has 4 amide bonds. The number of carbonyl (C=O) groups is 3. The molecule has 6 rings (SSSR count). The summed E-state index contributed by atoms with van der Waals surface area (Å²) in [7, 11) is 0. The highest BCUT2D eigenvalue weighted by Crippen LogP contribution is 2.39. The second kappa shape index (κ2) is 12.9. The fourth-order valence-electron chi connectivity index (χ4n) is 5.03. The van der Waals surface area contributed by atoms with Crippen LogP contribution in [0.15, 0.2) is 54.9 Å². The third-order valence-corrected chi connectivity index (χ3v) is 8.63. The summed E-state index contributed by atoms with van der Waals surface area (Å²) in [4.78, 5) is 48.8. The average molecular weight is 647 g/mol. The lowest BCUT2D eigenvalue weighted by Crippen LogP contribution is -2.47. The fraction of sp³-hybridized carbons (Fsp3) is 0.364. The molecule has 4 heterocycles. The number of rotatable bonds is 7. The van der Waals surface area contributed by atoms with Crippen molar-refractivity contribution in [3.63, 3.8) is 0 Å². The van der Waals surface area contributed by atoms with Gasteiger partial charge < -0.3 is 30.3 Å². The number of anilines is 1. The number of halogens is 1. The number of aromatic nitrogens is 2. The van der Waals surface area contributed by atoms with E-state index in [1.54, 1.807) is 41.6 Å². The number of likely N-dealkylation sites (tertiary alicyclic amines) is 1. The average Bonchev–Trinajstić information content (AvgIpc) is 3.71. The number of hydrogen-bond acceptors (Lipinski definition) is 8. The molecule has 0 radical (unpaired) electrons. The van der Waals surface area contributed by atoms with Crippen molar-refractivity contribution >= 4 is 45.3 Å². The maximum atomic E-state index is 14.9. The molecule has 3 N–H and O–H groups in total. The van der Waals surface area contributed by atoms with Crippen LogP contribution in [0.1, 0.15) is 56.8 Å². The monoisotopic (exact) mass is 646 g/mol. The molecule has 2 fully saturated rings. The third-order valence-electron chi connectivity index (χ3n) is 7.46. The number of fused-ring (bicyclic) bond motifs is 1. The van der Waals surface area contributed by atoms with Gasteiger partial charge in [0.05, 0.1) is 26.4 Å². The Morgan fingerprint density at radius 2 is 1.70 bits per heavy atom. The van der Waals surface area contributed by atoms with E-state index in [0.717, 1.165) is 17.7 Å². The number of urea groups is 1. The van der Waals surface area contributed by atoms with Crippen molar-refractivity contribution in [2.24, 2.45) is 0 Å². The second-order valence-corrected chi connectivity index (χ2v) is 13.5. The van der Waals surface area contributed by atoms with Crippen molar-refractivity contribution < 1.29 is 28.2 Å². The van der Waals surface area contributed by atoms with Crippen LogP contribution in [-0.4, -0.2) is 63.7 Å². The van der Waals surface area contributed by atoms with E-state index in [-0.39, 0.29) is 29.8 Å². The lowest BCUT2D eigenvalue weighted by atomic mass is 10.0. The highest BCUT2D eigenvalue weighted by molar-refractivity contribution is 7.22. The molecule has 1 aliphatic heterocycles. The van der Waals surface area contributed by atoms with E-state index in [1.807, 2.05) is 26.8 Å². The molecule has 46 heavy (non-hydrogen) atoms. The van der Waals surface area contributed by atoms with Crippen molar-refractivity contribution in [3.8, 4) is 22.1 Å². The Hall–Kier alpha value is -4.78. The van der Waals surface area contributed by atoms with Crippen molar-refractivity contribution in [1.29, 1.82) is 0 Å². The number of ether oxygens (including phenoxy) is 2. The largest absolute Gasteiger partial charge is 0.453 e. The first-order chi connectivity index (χ1) is 22.0. The van der Waals surface area contributed by atoms with Gasteiger partial charge in [-0.15, -0.1) is 11.3 Å². The minimum absolute atomic E-state index is 0.0150. The van der Waals surface area contributed by atoms with Crippen molar-refractivity contribution in [3.05, 3.63) is 66.2 Å². The summed E-state index contributed by atoms with van der Waals surface area (Å²) in [6.07, 6.45) is 5.89. The normalized spacial score (nSPS) is 15.3. The Morgan fingerprint density at radius 3 is 2.37 bits per heavy atom. The number of amides is 4. The smallest absolute Gasteiger partial charge is 0.407 e. The van der Waals surface area contributed by atoms with E-state index in [1.165, 1.54) is 23.5 Å². The number of hydrogen-bond donors (Lipinski definition) is 3. The molecule has 1 aromatic carbocycles. The molecule has 13 heteroatoms. The maximum Gasteiger partial charge on any atom is 0.407 e. The predicted molar refractivity (Wildman–Crippen MR) is 173 cm³/mol. The van der Waals surface area contributed by atoms with Crippen LogP contribution in [0.5, 0.6) is 11.5 Å². The number of benzene rings is 1. The van der Waals surface area contributed by atoms with Crippen molar-refractivity contribution in [2.75, 3.05) is 18.4 Å². The van der Waals surface area contributed by atoms with Crippen LogP contribution in [0, 0.1) is 5.82 Å². The summed E-state index contributed by atoms with van der Waals surface area (Å²) in [5, 5.41) is 8.32. The van der Waals surface area contributed by atoms with Gasteiger partial charge in [0.25, 0.3) is 5.91 Å². The molecular weight excluding hydrogens is 611 g/mol. The van der Waals surface area contributed by atoms with E-state index in [9.17, 15) is 18.8 Å². The summed E-state index contributed by atoms with van der Waals surface area (Å²) in [6, 6.07) is 11.1. The number of alkyl carbamates (subject to hydrolysis) is 1. The minimum atomic E-state index is -0.614. The van der Waals surface area contributed by atoms with Crippen LogP contribution in [0.25, 0.3) is 20.8 Å². The minimum Gasteiger partial charge on any atom is -0.453 e. The highest BCUT2D eigenvalue weighted by atomic mass is 32.1. The predicted octanol–water partition coefficient (Wildman–Crippen LogP) is 6.70. The van der Waals surface area contributed by atoms with E-state index in [2.05, 4.69) is 25.9 Å². The first-order valence-corrected chi connectivity index (χ1v) is 16.0. The van der Waals surface area contributed by atoms with Gasteiger partial charge in [-0.2, -0.15) is 0 Å². The number of carbonyl (C=O) groups excluding carboxylic acids is 3. The molecular formula is C33H35FN6O5S. The first-order valence-electron chi connectivity index (χ1n) is 15.2. The quantitative estimate of drug-likeness (QED) is 0.203. The molecule has 240 valence electrons. The van der Waals surface area contributed by atoms with Crippen LogP contribution in [0.4, 0.5) is 19.7 Å². The van der Waals surface area contributed by atoms with Gasteiger partial charge in [-0.25, -0.2) is 14.0 Å². The van der Waals surface area contributed by atoms with Crippen molar-refractivity contribution in [1.82, 2.24) is 25.5 Å². The van der Waals surface area contributed by atoms with E-state index in [4.69, 9.17) is 9.47 Å². The third kappa shape index (κ3) is 7.71. The number of pyridine rings is 2. The lowest BCUT2D eigenvalue weighted by molar-refractivity contribution is 0.0473. The standard InChI is InChI=1S/C33H35FN6O5S/c1-33(2,3)45-32(43)39-21-11-14-40(15-12-21)30(41)19-4-8-24(36-18-19)28-17-25-29(46-28)27(10-13-35-25)44-26-9-7-22(16-23(26)34)38-31(42)37-20-5-6-20/h4,7-10,13,16-18,20-21H,5-6,11-12,14-15H2,1-3H3,(H,39,43)(H2,37,38,42). The molecule has 4 aromatic rings. The summed E-state index contributed by atoms with van der Waals surface area (Å²) < 4.78 is 26.9. The molecule has 2 aliphatic rings. The number of nitrogens with zero attached hydrogens (tertiary/aromatic N) is 3. The SMILES string of the molecule is CC(C)(C)OC(=O)NC1CCN(C(=O)c2ccc(-c3cc4nccc(Oc5ccc(NC(=O)NC6CC6)cc5F)c4s3)nc2)CC1. The fourth-order valence-corrected chi connectivity index (χ4v) is 6.07. The maximum absolute atomic E-state index is 14.9. The van der Waals surface area contributed by atoms with Crippen LogP contribution in [-0.2, 0) is 4.74 Å². The summed E-state index contributed by atoms with van der Waals surface area (Å²) in [6.45, 7) is 6.49. The van der Waals surface area contributed by atoms with Gasteiger partial charge in [-0.3, -0.25) is 14.8 Å². The van der Waals surface area contributed by atoms with Gasteiger partial charge in [-0.05, 0) is 76.8 Å². The van der Waals surface area contributed by atoms with Gasteiger partial charge in [0.15, 0.2) is 11.6 Å². The molecule has 1 saturated heterocycles. The Kier molecular flexibility index (Phi) is 8.76. The second-order valence-electron chi connectivity index (χ2n) is 12.4. The van der Waals surface area contributed by atoms with Crippen LogP contribution >= 0.6 is 11.3 Å². The van der Waals surface area contributed by atoms with Gasteiger partial charge in [0, 0.05) is 55.4 Å². The number of piperidine rings is 1. The molecule has 1 saturated carbocycles. The Bertz CT molecular complexity index is 1760. The number of nitrogens with one attached hydrogen (secondary N) is 3. The topological polar surface area (TPSA) is 135 Å². The van der Waals surface area contributed by atoms with Crippen molar-refractivity contribution in [2.45, 2.75) is 64.1 Å². The Balaban J connectivity index is 1.08. The van der Waals surface area contributed by atoms with Crippen LogP contribution in [0.3, 0.4) is 0 Å². The highest BCUT2D eigenvalue weighted by Gasteiger charge is 2.27. The molecule has 0 bridgehead atoms. The van der Waals surface area contributed by atoms with Crippen LogP contribution in [0.2, 0.25) is 0 Å². The summed E-state index contributed by atoms with van der Waals surface area (Å²) >= 11 is 1.40. The van der Waals surface area contributed by atoms with E-state index < -0.39 is 17.5 Å². The molecule has 0 unspecified atom stereocenters. The molecule has 3 aromatic heterocycles. The van der Waals surface area contributed by atoms with Crippen LogP contribution < -0.4 is 20.7 Å². The summed E-state index contributed by atoms with van der Waals surface area (Å²) in [5.74, 6) is -0.281. The van der Waals surface area contributed by atoms with Gasteiger partial charge >= 0.3 is 12.1 Å². The molecule has 0 spiro atoms. The zero-order valence-electron chi connectivity index (χ0n) is 25.8. The zero-order valence-corrected chi connectivity index (χ0v) is 26.6.